The molecule has 1 N–H and O–H groups in total. The number of carbonyl (C=O) groups excluding carboxylic acids is 1. The van der Waals surface area contributed by atoms with Crippen LogP contribution in [-0.4, -0.2) is 20.3 Å². The van der Waals surface area contributed by atoms with Crippen molar-refractivity contribution in [1.82, 2.24) is 0 Å². The van der Waals surface area contributed by atoms with Crippen LogP contribution in [0.2, 0.25) is 0 Å². The third-order valence-electron chi connectivity index (χ3n) is 3.37. The van der Waals surface area contributed by atoms with Gasteiger partial charge in [-0.05, 0) is 42.0 Å². The number of nitro benzene ring substituents is 1. The summed E-state index contributed by atoms with van der Waals surface area (Å²) in [5.74, 6) is -1.29. The van der Waals surface area contributed by atoms with Gasteiger partial charge in [0.15, 0.2) is 10.1 Å². The smallest absolute Gasteiger partial charge is 0.311 e. The number of benzene rings is 2. The number of halogens is 1. The Morgan fingerprint density at radius 2 is 1.92 bits per heavy atom. The zero-order valence-electron chi connectivity index (χ0n) is 12.4. The van der Waals surface area contributed by atoms with E-state index in [9.17, 15) is 24.4 Å². The van der Waals surface area contributed by atoms with E-state index >= 15 is 0 Å². The first-order valence-corrected chi connectivity index (χ1v) is 8.10. The largest absolute Gasteiger partial charge is 0.502 e. The number of hydrogen-bond acceptors (Lipinski definition) is 6. The van der Waals surface area contributed by atoms with Crippen LogP contribution >= 0.6 is 24.0 Å². The highest BCUT2D eigenvalue weighted by molar-refractivity contribution is 8.27. The molecular weight excluding hydrogens is 367 g/mol. The van der Waals surface area contributed by atoms with Crippen LogP contribution in [0, 0.1) is 15.9 Å². The normalized spacial score (nSPS) is 15.9. The monoisotopic (exact) mass is 376 g/mol. The maximum absolute atomic E-state index is 13.0. The fourth-order valence-corrected chi connectivity index (χ4v) is 3.51. The van der Waals surface area contributed by atoms with Gasteiger partial charge >= 0.3 is 5.69 Å². The van der Waals surface area contributed by atoms with E-state index in [1.807, 2.05) is 0 Å². The second kappa shape index (κ2) is 6.61. The van der Waals surface area contributed by atoms with E-state index in [4.69, 9.17) is 12.2 Å². The van der Waals surface area contributed by atoms with Crippen LogP contribution in [-0.2, 0) is 4.79 Å². The van der Waals surface area contributed by atoms with Gasteiger partial charge in [0.2, 0.25) is 0 Å². The summed E-state index contributed by atoms with van der Waals surface area (Å²) in [4.78, 5) is 24.3. The van der Waals surface area contributed by atoms with Crippen LogP contribution < -0.4 is 4.90 Å². The van der Waals surface area contributed by atoms with Crippen molar-refractivity contribution in [2.24, 2.45) is 0 Å². The summed E-state index contributed by atoms with van der Waals surface area (Å²) >= 11 is 6.24. The number of phenols is 1. The van der Waals surface area contributed by atoms with E-state index in [1.165, 1.54) is 53.4 Å². The van der Waals surface area contributed by atoms with Gasteiger partial charge in [-0.1, -0.05) is 30.0 Å². The van der Waals surface area contributed by atoms with E-state index in [-0.39, 0.29) is 9.23 Å². The Morgan fingerprint density at radius 3 is 2.56 bits per heavy atom. The molecule has 1 aliphatic heterocycles. The number of nitro groups is 1. The van der Waals surface area contributed by atoms with Crippen molar-refractivity contribution in [3.8, 4) is 5.75 Å². The van der Waals surface area contributed by atoms with Crippen molar-refractivity contribution in [1.29, 1.82) is 0 Å². The SMILES string of the molecule is O=C1/C(=C/c2ccc(O)c([N+](=O)[O-])c2)SC(=S)N1c1ccc(F)cc1. The van der Waals surface area contributed by atoms with Gasteiger partial charge < -0.3 is 5.11 Å². The summed E-state index contributed by atoms with van der Waals surface area (Å²) in [6, 6.07) is 9.13. The minimum absolute atomic E-state index is 0.273. The molecular formula is C16H9FN2O4S2. The van der Waals surface area contributed by atoms with Crippen LogP contribution in [0.4, 0.5) is 15.8 Å². The summed E-state index contributed by atoms with van der Waals surface area (Å²) in [5.41, 5.74) is 0.357. The average Bonchev–Trinajstić information content (AvgIpc) is 2.84. The van der Waals surface area contributed by atoms with Crippen molar-refractivity contribution in [3.63, 3.8) is 0 Å². The number of nitrogens with zero attached hydrogens (tertiary/aromatic N) is 2. The van der Waals surface area contributed by atoms with Crippen LogP contribution in [0.3, 0.4) is 0 Å². The summed E-state index contributed by atoms with van der Waals surface area (Å²) in [6.07, 6.45) is 1.45. The van der Waals surface area contributed by atoms with Crippen molar-refractivity contribution in [3.05, 3.63) is 68.9 Å². The van der Waals surface area contributed by atoms with Gasteiger partial charge in [-0.2, -0.15) is 0 Å². The fraction of sp³-hybridized carbons (Fsp3) is 0. The van der Waals surface area contributed by atoms with E-state index in [0.717, 1.165) is 11.8 Å². The Morgan fingerprint density at radius 1 is 1.24 bits per heavy atom. The number of thioether (sulfide) groups is 1. The Kier molecular flexibility index (Phi) is 4.51. The molecule has 9 heteroatoms. The lowest BCUT2D eigenvalue weighted by Crippen LogP contribution is -2.27. The van der Waals surface area contributed by atoms with Crippen molar-refractivity contribution in [2.75, 3.05) is 4.90 Å². The zero-order valence-corrected chi connectivity index (χ0v) is 14.0. The lowest BCUT2D eigenvalue weighted by Gasteiger charge is -2.14. The standard InChI is InChI=1S/C16H9FN2O4S2/c17-10-2-4-11(5-3-10)18-15(21)14(25-16(18)24)8-9-1-6-13(20)12(7-9)19(22)23/h1-8,20H/b14-8-. The highest BCUT2D eigenvalue weighted by Crippen LogP contribution is 2.37. The molecule has 0 radical (unpaired) electrons. The molecule has 1 amide bonds. The number of rotatable bonds is 3. The van der Waals surface area contributed by atoms with Crippen LogP contribution in [0.15, 0.2) is 47.4 Å². The number of thiocarbonyl (C=S) groups is 1. The first-order chi connectivity index (χ1) is 11.9. The lowest BCUT2D eigenvalue weighted by atomic mass is 10.1. The molecule has 1 saturated heterocycles. The van der Waals surface area contributed by atoms with Gasteiger partial charge in [0.05, 0.1) is 15.5 Å². The van der Waals surface area contributed by atoms with Crippen molar-refractivity contribution in [2.45, 2.75) is 0 Å². The maximum atomic E-state index is 13.0. The highest BCUT2D eigenvalue weighted by atomic mass is 32.2. The minimum atomic E-state index is -0.712. The van der Waals surface area contributed by atoms with Gasteiger partial charge in [-0.25, -0.2) is 4.39 Å². The van der Waals surface area contributed by atoms with Crippen molar-refractivity contribution >= 4 is 51.7 Å². The summed E-state index contributed by atoms with van der Waals surface area (Å²) < 4.78 is 13.3. The predicted octanol–water partition coefficient (Wildman–Crippen LogP) is 3.85. The van der Waals surface area contributed by atoms with E-state index in [2.05, 4.69) is 0 Å². The number of hydrogen-bond donors (Lipinski definition) is 1. The lowest BCUT2D eigenvalue weighted by molar-refractivity contribution is -0.385. The minimum Gasteiger partial charge on any atom is -0.502 e. The molecule has 0 saturated carbocycles. The molecule has 2 aromatic carbocycles. The molecule has 25 heavy (non-hydrogen) atoms. The molecule has 126 valence electrons. The van der Waals surface area contributed by atoms with Crippen molar-refractivity contribution < 1.29 is 19.2 Å². The number of phenolic OH excluding ortho intramolecular Hbond substituents is 1. The number of anilines is 1. The fourth-order valence-electron chi connectivity index (χ4n) is 2.21. The summed E-state index contributed by atoms with van der Waals surface area (Å²) in [7, 11) is 0. The molecule has 0 atom stereocenters. The Balaban J connectivity index is 1.94. The summed E-state index contributed by atoms with van der Waals surface area (Å²) in [5, 5.41) is 20.4. The molecule has 1 aliphatic rings. The molecule has 1 fully saturated rings. The van der Waals surface area contributed by atoms with Gasteiger partial charge in [0.25, 0.3) is 5.91 Å². The number of amides is 1. The van der Waals surface area contributed by atoms with E-state index in [0.29, 0.717) is 11.3 Å². The second-order valence-corrected chi connectivity index (χ2v) is 6.67. The van der Waals surface area contributed by atoms with Gasteiger partial charge in [0.1, 0.15) is 5.82 Å². The highest BCUT2D eigenvalue weighted by Gasteiger charge is 2.33. The third-order valence-corrected chi connectivity index (χ3v) is 4.67. The maximum Gasteiger partial charge on any atom is 0.311 e. The summed E-state index contributed by atoms with van der Waals surface area (Å²) in [6.45, 7) is 0. The Bertz CT molecular complexity index is 928. The molecule has 6 nitrogen and oxygen atoms in total. The zero-order chi connectivity index (χ0) is 18.1. The predicted molar refractivity (Wildman–Crippen MR) is 96.8 cm³/mol. The van der Waals surface area contributed by atoms with E-state index in [1.54, 1.807) is 0 Å². The van der Waals surface area contributed by atoms with Gasteiger partial charge in [0, 0.05) is 6.07 Å². The topological polar surface area (TPSA) is 83.7 Å². The molecule has 0 aliphatic carbocycles. The molecule has 0 unspecified atom stereocenters. The third kappa shape index (κ3) is 3.37. The molecule has 3 rings (SSSR count). The number of carbonyl (C=O) groups is 1. The quantitative estimate of drug-likeness (QED) is 0.379. The van der Waals surface area contributed by atoms with Crippen LogP contribution in [0.25, 0.3) is 6.08 Å². The molecule has 2 aromatic rings. The van der Waals surface area contributed by atoms with Gasteiger partial charge in [-0.15, -0.1) is 0 Å². The Hall–Kier alpha value is -2.78. The molecule has 0 aromatic heterocycles. The number of aromatic hydroxyl groups is 1. The molecule has 1 heterocycles. The molecule has 0 bridgehead atoms. The van der Waals surface area contributed by atoms with Crippen LogP contribution in [0.5, 0.6) is 5.75 Å². The average molecular weight is 376 g/mol. The first-order valence-electron chi connectivity index (χ1n) is 6.88. The van der Waals surface area contributed by atoms with Crippen LogP contribution in [0.1, 0.15) is 5.56 Å². The Labute approximate surface area is 150 Å². The molecule has 0 spiro atoms. The first kappa shape index (κ1) is 17.1. The van der Waals surface area contributed by atoms with Gasteiger partial charge in [-0.3, -0.25) is 19.8 Å². The van der Waals surface area contributed by atoms with E-state index < -0.39 is 28.1 Å². The second-order valence-electron chi connectivity index (χ2n) is 5.00.